The van der Waals surface area contributed by atoms with E-state index in [-0.39, 0.29) is 16.1 Å². The van der Waals surface area contributed by atoms with Crippen LogP contribution in [0.15, 0.2) is 47.4 Å². The summed E-state index contributed by atoms with van der Waals surface area (Å²) in [4.78, 5) is 23.9. The monoisotopic (exact) mass is 424 g/mol. The van der Waals surface area contributed by atoms with E-state index >= 15 is 0 Å². The Morgan fingerprint density at radius 1 is 1.03 bits per heavy atom. The third kappa shape index (κ3) is 4.96. The summed E-state index contributed by atoms with van der Waals surface area (Å²) in [6, 6.07) is 7.83. The SMILES string of the molecule is O=C(COC(=O)c1ccc(S(=O)(=O)N2CCCC2)cc1)Nc1ccc(F)cc1F. The van der Waals surface area contributed by atoms with Crippen LogP contribution in [0.2, 0.25) is 0 Å². The lowest BCUT2D eigenvalue weighted by Crippen LogP contribution is -2.27. The van der Waals surface area contributed by atoms with Crippen LogP contribution in [0, 0.1) is 11.6 Å². The van der Waals surface area contributed by atoms with Crippen LogP contribution in [0.25, 0.3) is 0 Å². The minimum absolute atomic E-state index is 0.0612. The molecule has 2 aromatic carbocycles. The maximum atomic E-state index is 13.5. The molecule has 0 bridgehead atoms. The Morgan fingerprint density at radius 3 is 2.31 bits per heavy atom. The number of esters is 1. The molecule has 0 saturated carbocycles. The van der Waals surface area contributed by atoms with Gasteiger partial charge in [0.25, 0.3) is 5.91 Å². The smallest absolute Gasteiger partial charge is 0.338 e. The van der Waals surface area contributed by atoms with Gasteiger partial charge in [-0.05, 0) is 49.2 Å². The second-order valence-corrected chi connectivity index (χ2v) is 8.32. The van der Waals surface area contributed by atoms with Gasteiger partial charge in [0, 0.05) is 19.2 Å². The number of rotatable bonds is 6. The van der Waals surface area contributed by atoms with Gasteiger partial charge in [0.15, 0.2) is 6.61 Å². The van der Waals surface area contributed by atoms with Crippen molar-refractivity contribution in [3.8, 4) is 0 Å². The number of sulfonamides is 1. The van der Waals surface area contributed by atoms with Crippen LogP contribution in [-0.4, -0.2) is 44.3 Å². The minimum Gasteiger partial charge on any atom is -0.452 e. The quantitative estimate of drug-likeness (QED) is 0.720. The van der Waals surface area contributed by atoms with E-state index in [9.17, 15) is 26.8 Å². The molecule has 1 fully saturated rings. The first-order valence-corrected chi connectivity index (χ1v) is 10.2. The average molecular weight is 424 g/mol. The van der Waals surface area contributed by atoms with Gasteiger partial charge in [-0.15, -0.1) is 0 Å². The van der Waals surface area contributed by atoms with Gasteiger partial charge >= 0.3 is 5.97 Å². The molecule has 3 rings (SSSR count). The summed E-state index contributed by atoms with van der Waals surface area (Å²) in [7, 11) is -3.59. The molecule has 0 radical (unpaired) electrons. The van der Waals surface area contributed by atoms with Crippen molar-refractivity contribution < 1.29 is 31.5 Å². The van der Waals surface area contributed by atoms with Crippen LogP contribution < -0.4 is 5.32 Å². The molecule has 1 heterocycles. The normalized spacial score (nSPS) is 14.6. The molecule has 10 heteroatoms. The summed E-state index contributed by atoms with van der Waals surface area (Å²) in [5, 5.41) is 2.16. The molecular weight excluding hydrogens is 406 g/mol. The summed E-state index contributed by atoms with van der Waals surface area (Å²) in [6.45, 7) is 0.245. The maximum absolute atomic E-state index is 13.5. The van der Waals surface area contributed by atoms with Crippen molar-refractivity contribution in [1.82, 2.24) is 4.31 Å². The lowest BCUT2D eigenvalue weighted by atomic mass is 10.2. The highest BCUT2D eigenvalue weighted by molar-refractivity contribution is 7.89. The first-order chi connectivity index (χ1) is 13.8. The van der Waals surface area contributed by atoms with E-state index in [2.05, 4.69) is 5.32 Å². The second kappa shape index (κ2) is 8.66. The lowest BCUT2D eigenvalue weighted by Gasteiger charge is -2.15. The Bertz CT molecular complexity index is 1020. The van der Waals surface area contributed by atoms with Crippen LogP contribution in [0.5, 0.6) is 0 Å². The molecule has 2 aromatic rings. The van der Waals surface area contributed by atoms with E-state index in [0.29, 0.717) is 19.2 Å². The number of hydrogen-bond donors (Lipinski definition) is 1. The third-order valence-corrected chi connectivity index (χ3v) is 6.25. The second-order valence-electron chi connectivity index (χ2n) is 6.38. The molecule has 0 unspecified atom stereocenters. The fourth-order valence-electron chi connectivity index (χ4n) is 2.83. The molecule has 29 heavy (non-hydrogen) atoms. The van der Waals surface area contributed by atoms with Gasteiger partial charge in [-0.25, -0.2) is 22.0 Å². The first kappa shape index (κ1) is 20.9. The van der Waals surface area contributed by atoms with Gasteiger partial charge in [-0.2, -0.15) is 4.31 Å². The number of amides is 1. The number of hydrogen-bond acceptors (Lipinski definition) is 5. The number of benzene rings is 2. The average Bonchev–Trinajstić information content (AvgIpc) is 3.24. The van der Waals surface area contributed by atoms with E-state index in [1.165, 1.54) is 28.6 Å². The Morgan fingerprint density at radius 2 is 1.69 bits per heavy atom. The molecule has 0 aliphatic carbocycles. The predicted molar refractivity (Wildman–Crippen MR) is 99.7 cm³/mol. The molecule has 7 nitrogen and oxygen atoms in total. The number of nitrogens with one attached hydrogen (secondary N) is 1. The topological polar surface area (TPSA) is 92.8 Å². The largest absolute Gasteiger partial charge is 0.452 e. The van der Waals surface area contributed by atoms with Crippen LogP contribution in [0.4, 0.5) is 14.5 Å². The lowest BCUT2D eigenvalue weighted by molar-refractivity contribution is -0.119. The third-order valence-electron chi connectivity index (χ3n) is 4.33. The number of halogens is 2. The van der Waals surface area contributed by atoms with Gasteiger partial charge in [0.2, 0.25) is 10.0 Å². The summed E-state index contributed by atoms with van der Waals surface area (Å²) in [5.41, 5.74) is -0.185. The summed E-state index contributed by atoms with van der Waals surface area (Å²) < 4.78 is 57.5. The van der Waals surface area contributed by atoms with Crippen molar-refractivity contribution in [2.24, 2.45) is 0 Å². The Labute approximate surface area is 166 Å². The van der Waals surface area contributed by atoms with Gasteiger partial charge in [-0.1, -0.05) is 0 Å². The van der Waals surface area contributed by atoms with Crippen molar-refractivity contribution in [2.75, 3.05) is 25.0 Å². The molecule has 1 N–H and O–H groups in total. The number of nitrogens with zero attached hydrogens (tertiary/aromatic N) is 1. The van der Waals surface area contributed by atoms with Crippen molar-refractivity contribution in [3.63, 3.8) is 0 Å². The molecule has 1 aliphatic heterocycles. The standard InChI is InChI=1S/C19H18F2N2O5S/c20-14-5-8-17(16(21)11-14)22-18(24)12-28-19(25)13-3-6-15(7-4-13)29(26,27)23-9-1-2-10-23/h3-8,11H,1-2,9-10,12H2,(H,22,24). The van der Waals surface area contributed by atoms with Crippen LogP contribution >= 0.6 is 0 Å². The molecule has 1 aliphatic rings. The summed E-state index contributed by atoms with van der Waals surface area (Å²) >= 11 is 0. The fraction of sp³-hybridized carbons (Fsp3) is 0.263. The molecule has 154 valence electrons. The highest BCUT2D eigenvalue weighted by Crippen LogP contribution is 2.21. The minimum atomic E-state index is -3.59. The maximum Gasteiger partial charge on any atom is 0.338 e. The van der Waals surface area contributed by atoms with Crippen LogP contribution in [-0.2, 0) is 19.6 Å². The van der Waals surface area contributed by atoms with Gasteiger partial charge in [0.05, 0.1) is 16.1 Å². The number of carbonyl (C=O) groups is 2. The molecule has 0 aromatic heterocycles. The molecule has 1 amide bonds. The molecule has 0 atom stereocenters. The number of carbonyl (C=O) groups excluding carboxylic acids is 2. The highest BCUT2D eigenvalue weighted by Gasteiger charge is 2.27. The zero-order valence-corrected chi connectivity index (χ0v) is 16.0. The summed E-state index contributed by atoms with van der Waals surface area (Å²) in [5.74, 6) is -3.40. The first-order valence-electron chi connectivity index (χ1n) is 8.79. The van der Waals surface area contributed by atoms with E-state index in [0.717, 1.165) is 25.0 Å². The van der Waals surface area contributed by atoms with Gasteiger partial charge in [0.1, 0.15) is 11.6 Å². The molecular formula is C19H18F2N2O5S. The van der Waals surface area contributed by atoms with Crippen molar-refractivity contribution in [2.45, 2.75) is 17.7 Å². The zero-order chi connectivity index (χ0) is 21.0. The van der Waals surface area contributed by atoms with Crippen LogP contribution in [0.3, 0.4) is 0 Å². The number of ether oxygens (including phenoxy) is 1. The Hall–Kier alpha value is -2.85. The zero-order valence-electron chi connectivity index (χ0n) is 15.2. The Kier molecular flexibility index (Phi) is 6.23. The van der Waals surface area contributed by atoms with Gasteiger partial charge in [-0.3, -0.25) is 4.79 Å². The van der Waals surface area contributed by atoms with E-state index in [4.69, 9.17) is 4.74 Å². The van der Waals surface area contributed by atoms with Crippen LogP contribution in [0.1, 0.15) is 23.2 Å². The van der Waals surface area contributed by atoms with Crippen molar-refractivity contribution in [1.29, 1.82) is 0 Å². The van der Waals surface area contributed by atoms with E-state index in [1.807, 2.05) is 0 Å². The van der Waals surface area contributed by atoms with Gasteiger partial charge < -0.3 is 10.1 Å². The van der Waals surface area contributed by atoms with E-state index in [1.54, 1.807) is 0 Å². The molecule has 1 saturated heterocycles. The predicted octanol–water partition coefficient (Wildman–Crippen LogP) is 2.54. The fourth-order valence-corrected chi connectivity index (χ4v) is 4.35. The van der Waals surface area contributed by atoms with E-state index < -0.39 is 40.1 Å². The highest BCUT2D eigenvalue weighted by atomic mass is 32.2. The van der Waals surface area contributed by atoms with Crippen molar-refractivity contribution in [3.05, 3.63) is 59.7 Å². The summed E-state index contributed by atoms with van der Waals surface area (Å²) in [6.07, 6.45) is 1.63. The Balaban J connectivity index is 1.57. The number of anilines is 1. The molecule has 0 spiro atoms. The van der Waals surface area contributed by atoms with Crippen molar-refractivity contribution >= 4 is 27.6 Å².